The van der Waals surface area contributed by atoms with E-state index in [2.05, 4.69) is 16.0 Å². The summed E-state index contributed by atoms with van der Waals surface area (Å²) in [6.07, 6.45) is 1.61. The van der Waals surface area contributed by atoms with Crippen LogP contribution in [0.25, 0.3) is 6.08 Å². The monoisotopic (exact) mass is 595 g/mol. The van der Waals surface area contributed by atoms with Crippen molar-refractivity contribution < 1.29 is 23.9 Å². The zero-order chi connectivity index (χ0) is 30.6. The lowest BCUT2D eigenvalue weighted by molar-refractivity contribution is -0.115. The number of thioether (sulfide) groups is 1. The average Bonchev–Trinajstić information content (AvgIpc) is 3.03. The molecule has 0 radical (unpaired) electrons. The number of anilines is 2. The molecule has 0 saturated carbocycles. The Morgan fingerprint density at radius 3 is 2.21 bits per heavy atom. The van der Waals surface area contributed by atoms with E-state index in [1.54, 1.807) is 73.8 Å². The Bertz CT molecular complexity index is 1570. The Hall–Kier alpha value is -5.02. The summed E-state index contributed by atoms with van der Waals surface area (Å²) in [5.74, 6) is 0.344. The van der Waals surface area contributed by atoms with E-state index in [0.717, 1.165) is 10.5 Å². The van der Waals surface area contributed by atoms with E-state index in [0.29, 0.717) is 35.0 Å². The highest BCUT2D eigenvalue weighted by Crippen LogP contribution is 2.26. The van der Waals surface area contributed by atoms with Crippen LogP contribution in [0.5, 0.6) is 11.5 Å². The van der Waals surface area contributed by atoms with Crippen molar-refractivity contribution >= 4 is 46.9 Å². The smallest absolute Gasteiger partial charge is 0.272 e. The number of carbonyl (C=O) groups is 3. The molecule has 0 aliphatic carbocycles. The second kappa shape index (κ2) is 15.3. The van der Waals surface area contributed by atoms with E-state index in [-0.39, 0.29) is 16.9 Å². The van der Waals surface area contributed by atoms with Crippen molar-refractivity contribution in [3.8, 4) is 11.5 Å². The molecule has 0 aromatic heterocycles. The highest BCUT2D eigenvalue weighted by atomic mass is 32.2. The maximum Gasteiger partial charge on any atom is 0.272 e. The minimum Gasteiger partial charge on any atom is -0.497 e. The van der Waals surface area contributed by atoms with Gasteiger partial charge in [0.1, 0.15) is 17.2 Å². The van der Waals surface area contributed by atoms with Gasteiger partial charge in [-0.15, -0.1) is 11.8 Å². The number of benzene rings is 4. The summed E-state index contributed by atoms with van der Waals surface area (Å²) >= 11 is 1.39. The lowest BCUT2D eigenvalue weighted by atomic mass is 10.1. The summed E-state index contributed by atoms with van der Waals surface area (Å²) in [4.78, 5) is 39.8. The van der Waals surface area contributed by atoms with E-state index in [4.69, 9.17) is 9.47 Å². The molecule has 1 atom stereocenters. The van der Waals surface area contributed by atoms with Crippen LogP contribution in [-0.4, -0.2) is 36.7 Å². The van der Waals surface area contributed by atoms with Crippen LogP contribution in [0.3, 0.4) is 0 Å². The first kappa shape index (κ1) is 30.9. The first-order valence-electron chi connectivity index (χ1n) is 13.7. The van der Waals surface area contributed by atoms with Crippen molar-refractivity contribution in [2.75, 3.05) is 24.4 Å². The van der Waals surface area contributed by atoms with Crippen molar-refractivity contribution in [2.45, 2.75) is 24.0 Å². The molecule has 4 aromatic rings. The molecule has 0 bridgehead atoms. The van der Waals surface area contributed by atoms with E-state index in [1.165, 1.54) is 11.8 Å². The molecule has 3 N–H and O–H groups in total. The number of carbonyl (C=O) groups excluding carboxylic acids is 3. The molecule has 0 aliphatic heterocycles. The minimum atomic E-state index is -0.482. The van der Waals surface area contributed by atoms with Gasteiger partial charge in [0.15, 0.2) is 0 Å². The van der Waals surface area contributed by atoms with Crippen molar-refractivity contribution in [1.82, 2.24) is 5.32 Å². The van der Waals surface area contributed by atoms with Gasteiger partial charge in [-0.25, -0.2) is 0 Å². The summed E-state index contributed by atoms with van der Waals surface area (Å²) in [5, 5.41) is 8.12. The fourth-order valence-corrected chi connectivity index (χ4v) is 4.82. The fraction of sp³-hybridized carbons (Fsp3) is 0.147. The molecule has 4 aromatic carbocycles. The molecule has 0 spiro atoms. The summed E-state index contributed by atoms with van der Waals surface area (Å²) in [5.41, 5.74) is 2.42. The van der Waals surface area contributed by atoms with Gasteiger partial charge < -0.3 is 25.4 Å². The van der Waals surface area contributed by atoms with Crippen LogP contribution in [0.1, 0.15) is 29.8 Å². The van der Waals surface area contributed by atoms with Crippen LogP contribution in [0, 0.1) is 0 Å². The molecular formula is C34H33N3O5S. The molecular weight excluding hydrogens is 562 g/mol. The highest BCUT2D eigenvalue weighted by Gasteiger charge is 2.17. The predicted molar refractivity (Wildman–Crippen MR) is 172 cm³/mol. The van der Waals surface area contributed by atoms with Crippen LogP contribution in [0.2, 0.25) is 0 Å². The molecule has 43 heavy (non-hydrogen) atoms. The third kappa shape index (κ3) is 9.24. The third-order valence-electron chi connectivity index (χ3n) is 6.16. The Morgan fingerprint density at radius 1 is 0.814 bits per heavy atom. The first-order valence-corrected chi connectivity index (χ1v) is 14.6. The lowest BCUT2D eigenvalue weighted by Gasteiger charge is -2.14. The molecule has 0 heterocycles. The minimum absolute atomic E-state index is 0.0827. The maximum absolute atomic E-state index is 13.3. The second-order valence-corrected chi connectivity index (χ2v) is 10.8. The number of ether oxygens (including phenoxy) is 2. The first-order chi connectivity index (χ1) is 20.8. The number of rotatable bonds is 12. The second-order valence-electron chi connectivity index (χ2n) is 9.34. The molecule has 8 nitrogen and oxygen atoms in total. The Labute approximate surface area is 255 Å². The number of hydrogen-bond acceptors (Lipinski definition) is 6. The van der Waals surface area contributed by atoms with Crippen LogP contribution >= 0.6 is 11.8 Å². The van der Waals surface area contributed by atoms with E-state index < -0.39 is 11.8 Å². The molecule has 0 saturated heterocycles. The van der Waals surface area contributed by atoms with Gasteiger partial charge in [0, 0.05) is 27.9 Å². The van der Waals surface area contributed by atoms with Gasteiger partial charge >= 0.3 is 0 Å². The van der Waals surface area contributed by atoms with Crippen LogP contribution in [-0.2, 0) is 9.59 Å². The third-order valence-corrected chi connectivity index (χ3v) is 7.27. The zero-order valence-electron chi connectivity index (χ0n) is 24.1. The van der Waals surface area contributed by atoms with Crippen LogP contribution < -0.4 is 25.4 Å². The number of amides is 3. The Morgan fingerprint density at radius 2 is 1.53 bits per heavy atom. The van der Waals surface area contributed by atoms with Crippen LogP contribution in [0.4, 0.5) is 11.4 Å². The van der Waals surface area contributed by atoms with Gasteiger partial charge in [-0.05, 0) is 86.2 Å². The van der Waals surface area contributed by atoms with Gasteiger partial charge in [0.2, 0.25) is 5.91 Å². The molecule has 4 rings (SSSR count). The van der Waals surface area contributed by atoms with Crippen molar-refractivity contribution in [1.29, 1.82) is 0 Å². The molecule has 1 unspecified atom stereocenters. The normalized spacial score (nSPS) is 11.7. The van der Waals surface area contributed by atoms with E-state index in [9.17, 15) is 14.4 Å². The average molecular weight is 596 g/mol. The van der Waals surface area contributed by atoms with Crippen molar-refractivity contribution in [3.05, 3.63) is 120 Å². The molecule has 3 amide bonds. The summed E-state index contributed by atoms with van der Waals surface area (Å²) < 4.78 is 10.7. The fourth-order valence-electron chi connectivity index (χ4n) is 3.95. The molecule has 0 fully saturated rings. The lowest BCUT2D eigenvalue weighted by Crippen LogP contribution is -2.30. The SMILES string of the molecule is CCOc1ccc(/C=C(\NC(=O)c2ccccc2)C(=O)Nc2ccc(SC(C)C(=O)Nc3cccc(OC)c3)cc2)cc1. The standard InChI is InChI=1S/C34H33N3O5S/c1-4-42-28-17-13-24(14-18-28)21-31(37-33(39)25-9-6-5-7-10-25)34(40)35-26-15-19-30(20-16-26)43-23(2)32(38)36-27-11-8-12-29(22-27)41-3/h5-23H,4H2,1-3H3,(H,35,40)(H,36,38)(H,37,39)/b31-21-. The van der Waals surface area contributed by atoms with Gasteiger partial charge in [-0.2, -0.15) is 0 Å². The molecule has 9 heteroatoms. The maximum atomic E-state index is 13.3. The summed E-state index contributed by atoms with van der Waals surface area (Å²) in [7, 11) is 1.57. The number of methoxy groups -OCH3 is 1. The molecule has 0 aliphatic rings. The van der Waals surface area contributed by atoms with Crippen molar-refractivity contribution in [3.63, 3.8) is 0 Å². The summed E-state index contributed by atoms with van der Waals surface area (Å²) in [6.45, 7) is 4.27. The predicted octanol–water partition coefficient (Wildman–Crippen LogP) is 6.62. The van der Waals surface area contributed by atoms with Crippen molar-refractivity contribution in [2.24, 2.45) is 0 Å². The number of hydrogen-bond donors (Lipinski definition) is 3. The number of nitrogens with one attached hydrogen (secondary N) is 3. The van der Waals surface area contributed by atoms with Crippen LogP contribution in [0.15, 0.2) is 114 Å². The van der Waals surface area contributed by atoms with Gasteiger partial charge in [-0.1, -0.05) is 36.4 Å². The van der Waals surface area contributed by atoms with E-state index in [1.807, 2.05) is 56.3 Å². The topological polar surface area (TPSA) is 106 Å². The van der Waals surface area contributed by atoms with Gasteiger partial charge in [0.25, 0.3) is 11.8 Å². The summed E-state index contributed by atoms with van der Waals surface area (Å²) in [6, 6.07) is 30.2. The zero-order valence-corrected chi connectivity index (χ0v) is 24.9. The Balaban J connectivity index is 1.43. The van der Waals surface area contributed by atoms with Gasteiger partial charge in [-0.3, -0.25) is 14.4 Å². The van der Waals surface area contributed by atoms with E-state index >= 15 is 0 Å². The quantitative estimate of drug-likeness (QED) is 0.126. The Kier molecular flexibility index (Phi) is 11.0. The highest BCUT2D eigenvalue weighted by molar-refractivity contribution is 8.00. The largest absolute Gasteiger partial charge is 0.497 e. The van der Waals surface area contributed by atoms with Gasteiger partial charge in [0.05, 0.1) is 19.0 Å². The molecule has 220 valence electrons.